The van der Waals surface area contributed by atoms with Crippen LogP contribution in [0.5, 0.6) is 0 Å². The highest BCUT2D eigenvalue weighted by Crippen LogP contribution is 2.25. The first-order valence-electron chi connectivity index (χ1n) is 4.53. The molecule has 0 bridgehead atoms. The van der Waals surface area contributed by atoms with Crippen LogP contribution >= 0.6 is 31.9 Å². The lowest BCUT2D eigenvalue weighted by Gasteiger charge is -2.10. The average Bonchev–Trinajstić information content (AvgIpc) is 2.14. The molecule has 1 aromatic carbocycles. The molecular formula is C9H12Br2N2O2S. The highest BCUT2D eigenvalue weighted by atomic mass is 79.9. The fourth-order valence-electron chi connectivity index (χ4n) is 1.01. The largest absolute Gasteiger partial charge is 0.327 e. The smallest absolute Gasteiger partial charge is 0.241 e. The van der Waals surface area contributed by atoms with Crippen LogP contribution in [0.1, 0.15) is 6.92 Å². The van der Waals surface area contributed by atoms with Gasteiger partial charge in [0.25, 0.3) is 0 Å². The molecule has 90 valence electrons. The maximum absolute atomic E-state index is 11.9. The summed E-state index contributed by atoms with van der Waals surface area (Å²) >= 11 is 6.47. The maximum atomic E-state index is 11.9. The van der Waals surface area contributed by atoms with E-state index in [2.05, 4.69) is 36.6 Å². The second kappa shape index (κ2) is 5.59. The average molecular weight is 372 g/mol. The van der Waals surface area contributed by atoms with Crippen molar-refractivity contribution in [3.8, 4) is 0 Å². The third kappa shape index (κ3) is 3.81. The first-order valence-corrected chi connectivity index (χ1v) is 7.60. The van der Waals surface area contributed by atoms with Gasteiger partial charge >= 0.3 is 0 Å². The maximum Gasteiger partial charge on any atom is 0.241 e. The quantitative estimate of drug-likeness (QED) is 0.848. The third-order valence-electron chi connectivity index (χ3n) is 1.78. The van der Waals surface area contributed by atoms with Crippen molar-refractivity contribution in [1.82, 2.24) is 4.72 Å². The van der Waals surface area contributed by atoms with Crippen LogP contribution in [0.15, 0.2) is 32.0 Å². The number of benzene rings is 1. The molecule has 0 saturated heterocycles. The Labute approximate surface area is 112 Å². The molecule has 0 fully saturated rings. The van der Waals surface area contributed by atoms with Crippen molar-refractivity contribution < 1.29 is 8.42 Å². The molecule has 7 heteroatoms. The first-order chi connectivity index (χ1) is 7.33. The predicted octanol–water partition coefficient (Wildman–Crippen LogP) is 1.84. The molecule has 4 nitrogen and oxygen atoms in total. The number of nitrogens with two attached hydrogens (primary N) is 1. The van der Waals surface area contributed by atoms with Crippen LogP contribution in [-0.2, 0) is 10.0 Å². The Morgan fingerprint density at radius 2 is 2.06 bits per heavy atom. The number of hydrogen-bond donors (Lipinski definition) is 2. The van der Waals surface area contributed by atoms with Crippen molar-refractivity contribution in [3.05, 3.63) is 27.1 Å². The van der Waals surface area contributed by atoms with E-state index >= 15 is 0 Å². The summed E-state index contributed by atoms with van der Waals surface area (Å²) < 4.78 is 27.5. The molecule has 0 heterocycles. The zero-order valence-corrected chi connectivity index (χ0v) is 12.6. The summed E-state index contributed by atoms with van der Waals surface area (Å²) in [5.41, 5.74) is 5.49. The van der Waals surface area contributed by atoms with Crippen LogP contribution in [0.4, 0.5) is 0 Å². The molecule has 1 aromatic rings. The molecule has 0 amide bonds. The topological polar surface area (TPSA) is 72.2 Å². The van der Waals surface area contributed by atoms with Crippen LogP contribution in [0, 0.1) is 0 Å². The van der Waals surface area contributed by atoms with E-state index in [1.54, 1.807) is 19.1 Å². The Morgan fingerprint density at radius 1 is 1.44 bits per heavy atom. The van der Waals surface area contributed by atoms with Crippen LogP contribution in [0.3, 0.4) is 0 Å². The van der Waals surface area contributed by atoms with Gasteiger partial charge in [0.05, 0.1) is 4.90 Å². The van der Waals surface area contributed by atoms with E-state index in [0.717, 1.165) is 4.47 Å². The van der Waals surface area contributed by atoms with Crippen molar-refractivity contribution >= 4 is 41.9 Å². The summed E-state index contributed by atoms with van der Waals surface area (Å²) in [4.78, 5) is 0.205. The second-order valence-electron chi connectivity index (χ2n) is 3.40. The molecule has 0 aliphatic carbocycles. The molecule has 1 unspecified atom stereocenters. The van der Waals surface area contributed by atoms with Crippen LogP contribution in [0.2, 0.25) is 0 Å². The highest BCUT2D eigenvalue weighted by molar-refractivity contribution is 9.11. The van der Waals surface area contributed by atoms with Gasteiger partial charge in [-0.25, -0.2) is 13.1 Å². The third-order valence-corrected chi connectivity index (χ3v) is 4.67. The summed E-state index contributed by atoms with van der Waals surface area (Å²) in [5.74, 6) is 0. The van der Waals surface area contributed by atoms with E-state index in [1.165, 1.54) is 6.07 Å². The Bertz CT molecular complexity index is 474. The number of halogens is 2. The first kappa shape index (κ1) is 14.1. The normalized spacial score (nSPS) is 13.8. The number of nitrogens with one attached hydrogen (secondary N) is 1. The van der Waals surface area contributed by atoms with E-state index in [0.29, 0.717) is 4.47 Å². The molecule has 1 rings (SSSR count). The highest BCUT2D eigenvalue weighted by Gasteiger charge is 2.17. The van der Waals surface area contributed by atoms with E-state index in [4.69, 9.17) is 5.73 Å². The molecule has 0 spiro atoms. The Balaban J connectivity index is 2.99. The fraction of sp³-hybridized carbons (Fsp3) is 0.333. The van der Waals surface area contributed by atoms with E-state index in [9.17, 15) is 8.42 Å². The summed E-state index contributed by atoms with van der Waals surface area (Å²) in [7, 11) is -3.50. The molecule has 0 aromatic heterocycles. The minimum Gasteiger partial charge on any atom is -0.327 e. The fourth-order valence-corrected chi connectivity index (χ4v) is 3.90. The molecule has 16 heavy (non-hydrogen) atoms. The molecule has 0 radical (unpaired) electrons. The van der Waals surface area contributed by atoms with E-state index in [1.807, 2.05) is 0 Å². The Morgan fingerprint density at radius 3 is 2.56 bits per heavy atom. The van der Waals surface area contributed by atoms with Gasteiger partial charge in [0, 0.05) is 21.5 Å². The monoisotopic (exact) mass is 370 g/mol. The Hall–Kier alpha value is 0.0500. The van der Waals surface area contributed by atoms with Gasteiger partial charge in [-0.2, -0.15) is 0 Å². The standard InChI is InChI=1S/C9H12Br2N2O2S/c1-6(12)5-13-16(14,15)9-3-2-7(10)4-8(9)11/h2-4,6,13H,5,12H2,1H3. The van der Waals surface area contributed by atoms with Crippen molar-refractivity contribution in [2.24, 2.45) is 5.73 Å². The zero-order valence-electron chi connectivity index (χ0n) is 8.57. The van der Waals surface area contributed by atoms with Crippen molar-refractivity contribution in [1.29, 1.82) is 0 Å². The molecule has 1 atom stereocenters. The van der Waals surface area contributed by atoms with Crippen LogP contribution < -0.4 is 10.5 Å². The van der Waals surface area contributed by atoms with Gasteiger partial charge in [0.1, 0.15) is 0 Å². The number of sulfonamides is 1. The van der Waals surface area contributed by atoms with Gasteiger partial charge in [-0.05, 0) is 41.1 Å². The van der Waals surface area contributed by atoms with Gasteiger partial charge in [-0.15, -0.1) is 0 Å². The van der Waals surface area contributed by atoms with Crippen molar-refractivity contribution in [2.45, 2.75) is 17.9 Å². The summed E-state index contributed by atoms with van der Waals surface area (Å²) in [6, 6.07) is 4.66. The lowest BCUT2D eigenvalue weighted by molar-refractivity contribution is 0.573. The number of rotatable bonds is 4. The minimum absolute atomic E-state index is 0.205. The molecule has 0 aliphatic rings. The van der Waals surface area contributed by atoms with E-state index < -0.39 is 10.0 Å². The van der Waals surface area contributed by atoms with Crippen molar-refractivity contribution in [2.75, 3.05) is 6.54 Å². The van der Waals surface area contributed by atoms with Crippen molar-refractivity contribution in [3.63, 3.8) is 0 Å². The number of hydrogen-bond acceptors (Lipinski definition) is 3. The van der Waals surface area contributed by atoms with Gasteiger partial charge < -0.3 is 5.73 Å². The summed E-state index contributed by atoms with van der Waals surface area (Å²) in [5, 5.41) is 0. The minimum atomic E-state index is -3.50. The zero-order chi connectivity index (χ0) is 12.3. The molecular weight excluding hydrogens is 360 g/mol. The van der Waals surface area contributed by atoms with Gasteiger partial charge in [-0.1, -0.05) is 15.9 Å². The summed E-state index contributed by atoms with van der Waals surface area (Å²) in [6.45, 7) is 1.95. The molecule has 0 saturated carbocycles. The molecule has 0 aliphatic heterocycles. The molecule has 3 N–H and O–H groups in total. The lowest BCUT2D eigenvalue weighted by atomic mass is 10.4. The van der Waals surface area contributed by atoms with Gasteiger partial charge in [0.2, 0.25) is 10.0 Å². The van der Waals surface area contributed by atoms with Gasteiger partial charge in [-0.3, -0.25) is 0 Å². The summed E-state index contributed by atoms with van der Waals surface area (Å²) in [6.07, 6.45) is 0. The van der Waals surface area contributed by atoms with E-state index in [-0.39, 0.29) is 17.5 Å². The van der Waals surface area contributed by atoms with Crippen LogP contribution in [-0.4, -0.2) is 21.0 Å². The van der Waals surface area contributed by atoms with Crippen LogP contribution in [0.25, 0.3) is 0 Å². The van der Waals surface area contributed by atoms with Gasteiger partial charge in [0.15, 0.2) is 0 Å². The SMILES string of the molecule is CC(N)CNS(=O)(=O)c1ccc(Br)cc1Br. The predicted molar refractivity (Wildman–Crippen MR) is 70.7 cm³/mol. The lowest BCUT2D eigenvalue weighted by Crippen LogP contribution is -2.35. The Kier molecular flexibility index (Phi) is 4.93. The second-order valence-corrected chi connectivity index (χ2v) is 6.91.